The summed E-state index contributed by atoms with van der Waals surface area (Å²) in [5.41, 5.74) is 1.41. The van der Waals surface area contributed by atoms with Gasteiger partial charge in [0.05, 0.1) is 10.9 Å². The maximum Gasteiger partial charge on any atom is 0.169 e. The molecule has 0 aliphatic carbocycles. The Morgan fingerprint density at radius 2 is 2.29 bits per heavy atom. The van der Waals surface area contributed by atoms with Crippen molar-refractivity contribution in [1.82, 2.24) is 4.98 Å². The summed E-state index contributed by atoms with van der Waals surface area (Å²) in [4.78, 5) is 16.1. The third-order valence-corrected chi connectivity index (χ3v) is 3.79. The standard InChI is InChI=1S/C12H9BrFNOS/c1-7-6-17-12(15-7)5-11(16)8-2-3-10(14)9(13)4-8/h2-4,6H,5H2,1H3. The first kappa shape index (κ1) is 12.4. The number of Topliss-reactive ketones (excluding diaryl/α,β-unsaturated/α-hetero) is 1. The van der Waals surface area contributed by atoms with E-state index in [2.05, 4.69) is 20.9 Å². The predicted octanol–water partition coefficient (Wildman–Crippen LogP) is 3.78. The molecule has 0 atom stereocenters. The summed E-state index contributed by atoms with van der Waals surface area (Å²) >= 11 is 4.53. The van der Waals surface area contributed by atoms with Crippen LogP contribution in [0.25, 0.3) is 0 Å². The van der Waals surface area contributed by atoms with E-state index in [0.29, 0.717) is 10.0 Å². The molecular formula is C12H9BrFNOS. The lowest BCUT2D eigenvalue weighted by molar-refractivity contribution is 0.0993. The molecule has 0 aliphatic heterocycles. The van der Waals surface area contributed by atoms with E-state index in [4.69, 9.17) is 0 Å². The summed E-state index contributed by atoms with van der Waals surface area (Å²) < 4.78 is 13.3. The van der Waals surface area contributed by atoms with Crippen molar-refractivity contribution in [2.24, 2.45) is 0 Å². The molecule has 0 unspecified atom stereocenters. The fraction of sp³-hybridized carbons (Fsp3) is 0.167. The van der Waals surface area contributed by atoms with Crippen molar-refractivity contribution in [3.8, 4) is 0 Å². The van der Waals surface area contributed by atoms with Gasteiger partial charge in [0.15, 0.2) is 5.78 Å². The number of aromatic nitrogens is 1. The highest BCUT2D eigenvalue weighted by Crippen LogP contribution is 2.19. The minimum atomic E-state index is -0.369. The van der Waals surface area contributed by atoms with Crippen LogP contribution in [-0.2, 0) is 6.42 Å². The number of nitrogens with zero attached hydrogens (tertiary/aromatic N) is 1. The second kappa shape index (κ2) is 5.06. The molecule has 88 valence electrons. The molecule has 0 N–H and O–H groups in total. The van der Waals surface area contributed by atoms with Gasteiger partial charge in [-0.15, -0.1) is 11.3 Å². The van der Waals surface area contributed by atoms with Gasteiger partial charge in [-0.1, -0.05) is 0 Å². The molecule has 0 bridgehead atoms. The monoisotopic (exact) mass is 313 g/mol. The molecule has 2 rings (SSSR count). The Morgan fingerprint density at radius 3 is 2.88 bits per heavy atom. The lowest BCUT2D eigenvalue weighted by atomic mass is 10.1. The zero-order valence-electron chi connectivity index (χ0n) is 9.04. The fourth-order valence-electron chi connectivity index (χ4n) is 1.39. The lowest BCUT2D eigenvalue weighted by Crippen LogP contribution is -2.03. The van der Waals surface area contributed by atoms with Gasteiger partial charge in [0.25, 0.3) is 0 Å². The zero-order chi connectivity index (χ0) is 12.4. The molecule has 17 heavy (non-hydrogen) atoms. The van der Waals surface area contributed by atoms with Crippen LogP contribution in [0.5, 0.6) is 0 Å². The van der Waals surface area contributed by atoms with Crippen molar-refractivity contribution in [1.29, 1.82) is 0 Å². The van der Waals surface area contributed by atoms with Gasteiger partial charge < -0.3 is 0 Å². The topological polar surface area (TPSA) is 30.0 Å². The Kier molecular flexibility index (Phi) is 3.69. The number of carbonyl (C=O) groups is 1. The van der Waals surface area contributed by atoms with E-state index >= 15 is 0 Å². The molecular weight excluding hydrogens is 305 g/mol. The van der Waals surface area contributed by atoms with E-state index in [1.165, 1.54) is 29.5 Å². The molecule has 0 radical (unpaired) electrons. The van der Waals surface area contributed by atoms with Gasteiger partial charge in [-0.05, 0) is 41.1 Å². The van der Waals surface area contributed by atoms with Gasteiger partial charge in [-0.2, -0.15) is 0 Å². The van der Waals surface area contributed by atoms with Gasteiger partial charge in [-0.25, -0.2) is 9.37 Å². The Bertz CT molecular complexity index is 567. The van der Waals surface area contributed by atoms with Crippen LogP contribution in [0.2, 0.25) is 0 Å². The summed E-state index contributed by atoms with van der Waals surface area (Å²) in [6.45, 7) is 1.89. The van der Waals surface area contributed by atoms with E-state index in [0.717, 1.165) is 10.7 Å². The van der Waals surface area contributed by atoms with Crippen LogP contribution >= 0.6 is 27.3 Å². The number of aryl methyl sites for hydroxylation is 1. The molecule has 2 aromatic rings. The smallest absolute Gasteiger partial charge is 0.169 e. The molecule has 0 fully saturated rings. The average molecular weight is 314 g/mol. The van der Waals surface area contributed by atoms with Crippen molar-refractivity contribution < 1.29 is 9.18 Å². The maximum absolute atomic E-state index is 13.0. The third-order valence-electron chi connectivity index (χ3n) is 2.22. The molecule has 1 aromatic carbocycles. The molecule has 1 heterocycles. The van der Waals surface area contributed by atoms with Crippen molar-refractivity contribution in [3.63, 3.8) is 0 Å². The first-order chi connectivity index (χ1) is 8.06. The van der Waals surface area contributed by atoms with Crippen molar-refractivity contribution in [2.75, 3.05) is 0 Å². The Morgan fingerprint density at radius 1 is 1.53 bits per heavy atom. The number of thiazole rings is 1. The second-order valence-corrected chi connectivity index (χ2v) is 5.41. The number of hydrogen-bond donors (Lipinski definition) is 0. The van der Waals surface area contributed by atoms with Crippen LogP contribution in [0.1, 0.15) is 21.1 Å². The number of halogens is 2. The van der Waals surface area contributed by atoms with Crippen LogP contribution in [-0.4, -0.2) is 10.8 Å². The number of hydrogen-bond acceptors (Lipinski definition) is 3. The summed E-state index contributed by atoms with van der Waals surface area (Å²) in [7, 11) is 0. The fourth-order valence-corrected chi connectivity index (χ4v) is 2.54. The molecule has 0 saturated heterocycles. The number of benzene rings is 1. The quantitative estimate of drug-likeness (QED) is 0.807. The summed E-state index contributed by atoms with van der Waals surface area (Å²) in [6.07, 6.45) is 0.260. The molecule has 0 aliphatic rings. The minimum Gasteiger partial charge on any atom is -0.294 e. The first-order valence-corrected chi connectivity index (χ1v) is 6.63. The van der Waals surface area contributed by atoms with E-state index < -0.39 is 0 Å². The van der Waals surface area contributed by atoms with E-state index in [9.17, 15) is 9.18 Å². The van der Waals surface area contributed by atoms with Crippen LogP contribution in [0.15, 0.2) is 28.1 Å². The Labute approximate surface area is 111 Å². The first-order valence-electron chi connectivity index (χ1n) is 4.95. The average Bonchev–Trinajstić information content (AvgIpc) is 2.68. The SMILES string of the molecule is Cc1csc(CC(=O)c2ccc(F)c(Br)c2)n1. The van der Waals surface area contributed by atoms with Gasteiger partial charge in [-0.3, -0.25) is 4.79 Å². The van der Waals surface area contributed by atoms with Gasteiger partial charge in [0.1, 0.15) is 10.8 Å². The summed E-state index contributed by atoms with van der Waals surface area (Å²) in [5.74, 6) is -0.424. The van der Waals surface area contributed by atoms with E-state index in [1.54, 1.807) is 0 Å². The largest absolute Gasteiger partial charge is 0.294 e. The van der Waals surface area contributed by atoms with Gasteiger partial charge in [0, 0.05) is 16.6 Å². The van der Waals surface area contributed by atoms with Crippen molar-refractivity contribution in [2.45, 2.75) is 13.3 Å². The summed E-state index contributed by atoms with van der Waals surface area (Å²) in [5, 5.41) is 2.69. The second-order valence-electron chi connectivity index (χ2n) is 3.61. The van der Waals surface area contributed by atoms with Crippen molar-refractivity contribution in [3.05, 3.63) is 50.1 Å². The molecule has 1 aromatic heterocycles. The van der Waals surface area contributed by atoms with Crippen molar-refractivity contribution >= 4 is 33.0 Å². The lowest BCUT2D eigenvalue weighted by Gasteiger charge is -2.00. The third kappa shape index (κ3) is 2.98. The Hall–Kier alpha value is -1.07. The van der Waals surface area contributed by atoms with Crippen LogP contribution in [0.4, 0.5) is 4.39 Å². The normalized spacial score (nSPS) is 10.5. The zero-order valence-corrected chi connectivity index (χ0v) is 11.4. The van der Waals surface area contributed by atoms with Crippen LogP contribution < -0.4 is 0 Å². The molecule has 0 amide bonds. The highest BCUT2D eigenvalue weighted by Gasteiger charge is 2.11. The highest BCUT2D eigenvalue weighted by atomic mass is 79.9. The van der Waals surface area contributed by atoms with E-state index in [-0.39, 0.29) is 18.0 Å². The highest BCUT2D eigenvalue weighted by molar-refractivity contribution is 9.10. The van der Waals surface area contributed by atoms with E-state index in [1.807, 2.05) is 12.3 Å². The molecule has 0 spiro atoms. The number of carbonyl (C=O) groups excluding carboxylic acids is 1. The van der Waals surface area contributed by atoms with Crippen LogP contribution in [0.3, 0.4) is 0 Å². The minimum absolute atomic E-state index is 0.0555. The maximum atomic E-state index is 13.0. The predicted molar refractivity (Wildman–Crippen MR) is 69.0 cm³/mol. The molecule has 0 saturated carbocycles. The summed E-state index contributed by atoms with van der Waals surface area (Å²) in [6, 6.07) is 4.27. The number of rotatable bonds is 3. The Balaban J connectivity index is 2.17. The van der Waals surface area contributed by atoms with Crippen LogP contribution in [0, 0.1) is 12.7 Å². The molecule has 2 nitrogen and oxygen atoms in total. The molecule has 5 heteroatoms. The van der Waals surface area contributed by atoms with Gasteiger partial charge >= 0.3 is 0 Å². The number of ketones is 1. The van der Waals surface area contributed by atoms with Gasteiger partial charge in [0.2, 0.25) is 0 Å².